The monoisotopic (exact) mass is 554 g/mol. The molecule has 0 aliphatic heterocycles. The molecule has 196 valence electrons. The van der Waals surface area contributed by atoms with Gasteiger partial charge in [-0.3, -0.25) is 19.2 Å². The molecule has 0 aliphatic rings. The molecule has 0 fully saturated rings. The zero-order valence-electron chi connectivity index (χ0n) is 21.2. The number of unbranched alkanes of at least 4 members (excludes halogenated alkanes) is 8. The first-order valence-electron chi connectivity index (χ1n) is 12.0. The Morgan fingerprint density at radius 3 is 0.636 bits per heavy atom. The molecule has 0 aromatic carbocycles. The molecule has 0 unspecified atom stereocenters. The van der Waals surface area contributed by atoms with Crippen LogP contribution in [0.5, 0.6) is 0 Å². The van der Waals surface area contributed by atoms with Crippen LogP contribution in [0.4, 0.5) is 0 Å². The normalized spacial score (nSPS) is 8.85. The van der Waals surface area contributed by atoms with Crippen molar-refractivity contribution in [2.24, 2.45) is 0 Å². The fraction of sp³-hybridized carbons (Fsp3) is 0.833. The number of aliphatic carboxylic acids is 4. The first-order chi connectivity index (χ1) is 15.1. The molecule has 0 radical (unpaired) electrons. The van der Waals surface area contributed by atoms with Crippen LogP contribution in [0.25, 0.3) is 0 Å². The second-order valence-corrected chi connectivity index (χ2v) is 7.40. The number of carboxylic acid groups (broad SMARTS) is 4. The third-order valence-electron chi connectivity index (χ3n) is 3.98. The summed E-state index contributed by atoms with van der Waals surface area (Å²) in [6.45, 7) is 8.23. The van der Waals surface area contributed by atoms with E-state index >= 15 is 0 Å². The number of carboxylic acids is 4. The summed E-state index contributed by atoms with van der Waals surface area (Å²) in [6.07, 6.45) is 13.1. The SMILES string of the molecule is CCCCCC(=O)O.CCCCCC(=O)O.CCCCCC(=O)O.CCCCCC(=O)O.[Zr]. The van der Waals surface area contributed by atoms with Crippen molar-refractivity contribution >= 4 is 23.9 Å². The first-order valence-corrected chi connectivity index (χ1v) is 12.0. The fourth-order valence-electron chi connectivity index (χ4n) is 2.10. The maximum absolute atomic E-state index is 9.87. The van der Waals surface area contributed by atoms with E-state index in [0.29, 0.717) is 25.7 Å². The standard InChI is InChI=1S/4C6H12O2.Zr/c4*1-2-3-4-5-6(7)8;/h4*2-5H2,1H3,(H,7,8);. The Morgan fingerprint density at radius 1 is 0.394 bits per heavy atom. The second-order valence-electron chi connectivity index (χ2n) is 7.40. The molecule has 0 rings (SSSR count). The molecule has 0 bridgehead atoms. The summed E-state index contributed by atoms with van der Waals surface area (Å²) in [5, 5.41) is 32.6. The molecule has 0 heterocycles. The number of rotatable bonds is 16. The topological polar surface area (TPSA) is 149 Å². The van der Waals surface area contributed by atoms with E-state index in [-0.39, 0.29) is 26.2 Å². The summed E-state index contributed by atoms with van der Waals surface area (Å²) in [7, 11) is 0. The van der Waals surface area contributed by atoms with Gasteiger partial charge in [-0.2, -0.15) is 0 Å². The molecule has 9 heteroatoms. The Hall–Kier alpha value is -1.24. The van der Waals surface area contributed by atoms with Crippen LogP contribution in [-0.2, 0) is 45.4 Å². The van der Waals surface area contributed by atoms with E-state index in [4.69, 9.17) is 20.4 Å². The molecular formula is C24H48O8Zr. The Balaban J connectivity index is -0.000000105. The molecule has 8 nitrogen and oxygen atoms in total. The third-order valence-corrected chi connectivity index (χ3v) is 3.98. The van der Waals surface area contributed by atoms with Gasteiger partial charge in [0, 0.05) is 51.9 Å². The smallest absolute Gasteiger partial charge is 0.303 e. The predicted octanol–water partition coefficient (Wildman–Crippen LogP) is 6.60. The van der Waals surface area contributed by atoms with Crippen molar-refractivity contribution in [2.45, 2.75) is 130 Å². The van der Waals surface area contributed by atoms with Crippen LogP contribution in [0.3, 0.4) is 0 Å². The van der Waals surface area contributed by atoms with Gasteiger partial charge in [0.2, 0.25) is 0 Å². The molecule has 0 atom stereocenters. The van der Waals surface area contributed by atoms with Gasteiger partial charge in [0.25, 0.3) is 0 Å². The summed E-state index contributed by atoms with van der Waals surface area (Å²) in [4.78, 5) is 39.5. The minimum atomic E-state index is -0.682. The van der Waals surface area contributed by atoms with Gasteiger partial charge in [-0.05, 0) is 25.7 Å². The predicted molar refractivity (Wildman–Crippen MR) is 127 cm³/mol. The maximum atomic E-state index is 9.87. The largest absolute Gasteiger partial charge is 0.481 e. The van der Waals surface area contributed by atoms with Gasteiger partial charge in [0.05, 0.1) is 0 Å². The summed E-state index contributed by atoms with van der Waals surface area (Å²) >= 11 is 0. The van der Waals surface area contributed by atoms with E-state index in [9.17, 15) is 19.2 Å². The van der Waals surface area contributed by atoms with Crippen LogP contribution in [0, 0.1) is 0 Å². The maximum Gasteiger partial charge on any atom is 0.303 e. The summed E-state index contributed by atoms with van der Waals surface area (Å²) < 4.78 is 0. The molecule has 33 heavy (non-hydrogen) atoms. The van der Waals surface area contributed by atoms with Crippen LogP contribution in [0.1, 0.15) is 130 Å². The first kappa shape index (κ1) is 42.0. The van der Waals surface area contributed by atoms with E-state index in [1.165, 1.54) is 0 Å². The number of carbonyl (C=O) groups is 4. The van der Waals surface area contributed by atoms with Crippen molar-refractivity contribution in [3.8, 4) is 0 Å². The van der Waals surface area contributed by atoms with Gasteiger partial charge in [-0.1, -0.05) is 79.1 Å². The van der Waals surface area contributed by atoms with Crippen LogP contribution < -0.4 is 0 Å². The van der Waals surface area contributed by atoms with Crippen molar-refractivity contribution in [3.05, 3.63) is 0 Å². The Morgan fingerprint density at radius 2 is 0.545 bits per heavy atom. The van der Waals surface area contributed by atoms with E-state index in [2.05, 4.69) is 27.7 Å². The average molecular weight is 556 g/mol. The van der Waals surface area contributed by atoms with Crippen LogP contribution in [0.15, 0.2) is 0 Å². The third kappa shape index (κ3) is 72.3. The van der Waals surface area contributed by atoms with Gasteiger partial charge < -0.3 is 20.4 Å². The number of hydrogen-bond donors (Lipinski definition) is 4. The van der Waals surface area contributed by atoms with E-state index in [1.54, 1.807) is 0 Å². The van der Waals surface area contributed by atoms with Crippen LogP contribution >= 0.6 is 0 Å². The molecule has 0 aromatic heterocycles. The van der Waals surface area contributed by atoms with Crippen molar-refractivity contribution in [3.63, 3.8) is 0 Å². The van der Waals surface area contributed by atoms with Gasteiger partial charge in [0.15, 0.2) is 0 Å². The Labute approximate surface area is 219 Å². The minimum Gasteiger partial charge on any atom is -0.481 e. The zero-order chi connectivity index (χ0) is 25.6. The average Bonchev–Trinajstić information content (AvgIpc) is 2.69. The van der Waals surface area contributed by atoms with Crippen LogP contribution in [-0.4, -0.2) is 44.3 Å². The van der Waals surface area contributed by atoms with E-state index in [1.807, 2.05) is 0 Å². The van der Waals surface area contributed by atoms with E-state index in [0.717, 1.165) is 77.0 Å². The Kier molecular flexibility index (Phi) is 48.4. The van der Waals surface area contributed by atoms with Gasteiger partial charge in [-0.15, -0.1) is 0 Å². The molecule has 4 N–H and O–H groups in total. The van der Waals surface area contributed by atoms with Gasteiger partial charge in [0.1, 0.15) is 0 Å². The number of hydrogen-bond acceptors (Lipinski definition) is 4. The molecule has 0 saturated carbocycles. The van der Waals surface area contributed by atoms with E-state index < -0.39 is 23.9 Å². The van der Waals surface area contributed by atoms with Crippen molar-refractivity contribution in [2.75, 3.05) is 0 Å². The second kappa shape index (κ2) is 38.0. The summed E-state index contributed by atoms with van der Waals surface area (Å²) in [5.74, 6) is -2.73. The molecule has 0 amide bonds. The molecule has 0 aromatic rings. The van der Waals surface area contributed by atoms with Crippen molar-refractivity contribution in [1.29, 1.82) is 0 Å². The zero-order valence-corrected chi connectivity index (χ0v) is 23.7. The fourth-order valence-corrected chi connectivity index (χ4v) is 2.10. The minimum absolute atomic E-state index is 0. The summed E-state index contributed by atoms with van der Waals surface area (Å²) in [5.41, 5.74) is 0. The molecule has 0 spiro atoms. The molecule has 0 saturated heterocycles. The van der Waals surface area contributed by atoms with Gasteiger partial charge >= 0.3 is 23.9 Å². The quantitative estimate of drug-likeness (QED) is 0.156. The van der Waals surface area contributed by atoms with Crippen molar-refractivity contribution in [1.82, 2.24) is 0 Å². The molecule has 0 aliphatic carbocycles. The van der Waals surface area contributed by atoms with Gasteiger partial charge in [-0.25, -0.2) is 0 Å². The van der Waals surface area contributed by atoms with Crippen molar-refractivity contribution < 1.29 is 65.8 Å². The summed E-state index contributed by atoms with van der Waals surface area (Å²) in [6, 6.07) is 0. The van der Waals surface area contributed by atoms with Crippen LogP contribution in [0.2, 0.25) is 0 Å². The Bertz CT molecular complexity index is 362. The molecular weight excluding hydrogens is 507 g/mol.